The quantitative estimate of drug-likeness (QED) is 0.316. The molecule has 1 saturated heterocycles. The van der Waals surface area contributed by atoms with Gasteiger partial charge < -0.3 is 20.1 Å². The van der Waals surface area contributed by atoms with Crippen molar-refractivity contribution in [3.8, 4) is 0 Å². The van der Waals surface area contributed by atoms with Crippen molar-refractivity contribution in [2.24, 2.45) is 10.9 Å². The Bertz CT molecular complexity index is 592. The Balaban J connectivity index is 1.66. The van der Waals surface area contributed by atoms with E-state index in [4.69, 9.17) is 14.5 Å². The molecular weight excluding hydrogens is 371 g/mol. The van der Waals surface area contributed by atoms with Crippen LogP contribution in [0.5, 0.6) is 0 Å². The maximum absolute atomic E-state index is 13.8. The molecule has 0 spiro atoms. The van der Waals surface area contributed by atoms with Crippen molar-refractivity contribution in [3.05, 3.63) is 35.6 Å². The van der Waals surface area contributed by atoms with E-state index in [-0.39, 0.29) is 5.82 Å². The molecule has 1 aromatic rings. The summed E-state index contributed by atoms with van der Waals surface area (Å²) in [6, 6.07) is 7.06. The highest BCUT2D eigenvalue weighted by Gasteiger charge is 2.20. The summed E-state index contributed by atoms with van der Waals surface area (Å²) in [4.78, 5) is 7.10. The lowest BCUT2D eigenvalue weighted by molar-refractivity contribution is 0.0698. The molecule has 2 N–H and O–H groups in total. The summed E-state index contributed by atoms with van der Waals surface area (Å²) in [5, 5.41) is 6.68. The molecule has 164 valence electrons. The minimum atomic E-state index is -0.107. The lowest BCUT2D eigenvalue weighted by Crippen LogP contribution is -2.39. The summed E-state index contributed by atoms with van der Waals surface area (Å²) < 4.78 is 24.3. The predicted molar refractivity (Wildman–Crippen MR) is 116 cm³/mol. The first-order chi connectivity index (χ1) is 14.2. The zero-order valence-corrected chi connectivity index (χ0v) is 18.0. The van der Waals surface area contributed by atoms with Crippen LogP contribution in [-0.2, 0) is 16.0 Å². The number of piperidine rings is 1. The van der Waals surface area contributed by atoms with Crippen molar-refractivity contribution in [1.82, 2.24) is 15.5 Å². The minimum Gasteiger partial charge on any atom is -0.382 e. The van der Waals surface area contributed by atoms with Gasteiger partial charge in [0.1, 0.15) is 5.82 Å². The third kappa shape index (κ3) is 9.56. The van der Waals surface area contributed by atoms with Gasteiger partial charge in [-0.2, -0.15) is 0 Å². The first-order valence-corrected chi connectivity index (χ1v) is 10.8. The van der Waals surface area contributed by atoms with Gasteiger partial charge in [-0.25, -0.2) is 4.39 Å². The second kappa shape index (κ2) is 14.3. The SMILES string of the molecule is CCNC(=NCC1CCN(Cc2ccccc2F)CC1)NCCCOCCOC. The molecular formula is C22H37FN4O2. The van der Waals surface area contributed by atoms with Crippen LogP contribution in [0, 0.1) is 11.7 Å². The monoisotopic (exact) mass is 408 g/mol. The van der Waals surface area contributed by atoms with Crippen LogP contribution in [0.25, 0.3) is 0 Å². The molecule has 6 nitrogen and oxygen atoms in total. The number of likely N-dealkylation sites (tertiary alicyclic amines) is 1. The average Bonchev–Trinajstić information content (AvgIpc) is 2.74. The Morgan fingerprint density at radius 1 is 1.17 bits per heavy atom. The molecule has 1 fully saturated rings. The number of methoxy groups -OCH3 is 1. The van der Waals surface area contributed by atoms with Gasteiger partial charge in [0.15, 0.2) is 5.96 Å². The standard InChI is InChI=1S/C22H37FN4O2/c1-3-24-22(25-11-6-14-29-16-15-28-2)26-17-19-9-12-27(13-10-19)18-20-7-4-5-8-21(20)23/h4-5,7-8,19H,3,6,9-18H2,1-2H3,(H2,24,25,26). The highest BCUT2D eigenvalue weighted by molar-refractivity contribution is 5.79. The predicted octanol–water partition coefficient (Wildman–Crippen LogP) is 2.65. The Hall–Kier alpha value is -1.70. The van der Waals surface area contributed by atoms with Crippen LogP contribution in [0.4, 0.5) is 4.39 Å². The van der Waals surface area contributed by atoms with Gasteiger partial charge in [-0.3, -0.25) is 9.89 Å². The van der Waals surface area contributed by atoms with Crippen LogP contribution in [-0.4, -0.2) is 70.5 Å². The van der Waals surface area contributed by atoms with Crippen LogP contribution in [0.1, 0.15) is 31.7 Å². The summed E-state index contributed by atoms with van der Waals surface area (Å²) in [6.45, 7) is 9.26. The molecule has 0 aromatic heterocycles. The normalized spacial score (nSPS) is 16.2. The molecule has 1 aliphatic heterocycles. The number of guanidine groups is 1. The lowest BCUT2D eigenvalue weighted by atomic mass is 9.96. The van der Waals surface area contributed by atoms with Crippen molar-refractivity contribution in [3.63, 3.8) is 0 Å². The number of rotatable bonds is 12. The second-order valence-corrected chi connectivity index (χ2v) is 7.42. The zero-order valence-electron chi connectivity index (χ0n) is 18.0. The first-order valence-electron chi connectivity index (χ1n) is 10.8. The van der Waals surface area contributed by atoms with Gasteiger partial charge >= 0.3 is 0 Å². The molecule has 1 heterocycles. The molecule has 2 rings (SSSR count). The fraction of sp³-hybridized carbons (Fsp3) is 0.682. The Kier molecular flexibility index (Phi) is 11.6. The maximum Gasteiger partial charge on any atom is 0.191 e. The Labute approximate surface area is 174 Å². The fourth-order valence-electron chi connectivity index (χ4n) is 3.38. The number of aliphatic imine (C=N–C) groups is 1. The number of halogens is 1. The van der Waals surface area contributed by atoms with E-state index in [1.54, 1.807) is 13.2 Å². The third-order valence-corrected chi connectivity index (χ3v) is 5.10. The van der Waals surface area contributed by atoms with Crippen LogP contribution in [0.2, 0.25) is 0 Å². The number of ether oxygens (including phenoxy) is 2. The number of benzene rings is 1. The minimum absolute atomic E-state index is 0.107. The van der Waals surface area contributed by atoms with E-state index >= 15 is 0 Å². The number of nitrogens with zero attached hydrogens (tertiary/aromatic N) is 2. The van der Waals surface area contributed by atoms with Gasteiger partial charge in [0.2, 0.25) is 0 Å². The van der Waals surface area contributed by atoms with Crippen molar-refractivity contribution in [2.75, 3.05) is 59.7 Å². The van der Waals surface area contributed by atoms with Gasteiger partial charge in [0, 0.05) is 45.5 Å². The lowest BCUT2D eigenvalue weighted by Gasteiger charge is -2.31. The van der Waals surface area contributed by atoms with E-state index in [1.165, 1.54) is 6.07 Å². The molecule has 0 bridgehead atoms. The summed E-state index contributed by atoms with van der Waals surface area (Å²) in [5.74, 6) is 1.35. The van der Waals surface area contributed by atoms with Crippen LogP contribution < -0.4 is 10.6 Å². The smallest absolute Gasteiger partial charge is 0.191 e. The van der Waals surface area contributed by atoms with Gasteiger partial charge in [-0.15, -0.1) is 0 Å². The van der Waals surface area contributed by atoms with Gasteiger partial charge in [0.05, 0.1) is 13.2 Å². The number of hydrogen-bond donors (Lipinski definition) is 2. The fourth-order valence-corrected chi connectivity index (χ4v) is 3.38. The summed E-state index contributed by atoms with van der Waals surface area (Å²) in [7, 11) is 1.68. The third-order valence-electron chi connectivity index (χ3n) is 5.10. The van der Waals surface area contributed by atoms with E-state index in [9.17, 15) is 4.39 Å². The molecule has 0 aliphatic carbocycles. The molecule has 0 unspecified atom stereocenters. The van der Waals surface area contributed by atoms with Gasteiger partial charge in [0.25, 0.3) is 0 Å². The van der Waals surface area contributed by atoms with Gasteiger partial charge in [-0.05, 0) is 51.3 Å². The highest BCUT2D eigenvalue weighted by Crippen LogP contribution is 2.20. The van der Waals surface area contributed by atoms with E-state index in [0.717, 1.165) is 70.1 Å². The van der Waals surface area contributed by atoms with E-state index in [0.29, 0.717) is 25.7 Å². The van der Waals surface area contributed by atoms with E-state index < -0.39 is 0 Å². The van der Waals surface area contributed by atoms with Crippen LogP contribution in [0.3, 0.4) is 0 Å². The van der Waals surface area contributed by atoms with Crippen molar-refractivity contribution >= 4 is 5.96 Å². The van der Waals surface area contributed by atoms with Gasteiger partial charge in [-0.1, -0.05) is 18.2 Å². The van der Waals surface area contributed by atoms with Crippen LogP contribution in [0.15, 0.2) is 29.3 Å². The van der Waals surface area contributed by atoms with Crippen LogP contribution >= 0.6 is 0 Å². The largest absolute Gasteiger partial charge is 0.382 e. The van der Waals surface area contributed by atoms with Crippen molar-refractivity contribution < 1.29 is 13.9 Å². The topological polar surface area (TPSA) is 58.1 Å². The molecule has 0 radical (unpaired) electrons. The van der Waals surface area contributed by atoms with E-state index in [2.05, 4.69) is 22.5 Å². The molecule has 0 saturated carbocycles. The molecule has 29 heavy (non-hydrogen) atoms. The molecule has 1 aliphatic rings. The summed E-state index contributed by atoms with van der Waals surface area (Å²) in [5.41, 5.74) is 0.786. The van der Waals surface area contributed by atoms with Crippen molar-refractivity contribution in [2.45, 2.75) is 32.7 Å². The highest BCUT2D eigenvalue weighted by atomic mass is 19.1. The number of nitrogens with one attached hydrogen (secondary N) is 2. The van der Waals surface area contributed by atoms with Crippen molar-refractivity contribution in [1.29, 1.82) is 0 Å². The Morgan fingerprint density at radius 3 is 2.69 bits per heavy atom. The number of hydrogen-bond acceptors (Lipinski definition) is 4. The first kappa shape index (κ1) is 23.6. The average molecular weight is 409 g/mol. The molecule has 0 atom stereocenters. The molecule has 0 amide bonds. The second-order valence-electron chi connectivity index (χ2n) is 7.42. The zero-order chi connectivity index (χ0) is 20.7. The summed E-state index contributed by atoms with van der Waals surface area (Å²) >= 11 is 0. The molecule has 1 aromatic carbocycles. The Morgan fingerprint density at radius 2 is 1.97 bits per heavy atom. The summed E-state index contributed by atoms with van der Waals surface area (Å²) in [6.07, 6.45) is 3.14. The van der Waals surface area contributed by atoms with E-state index in [1.807, 2.05) is 12.1 Å². The molecule has 7 heteroatoms. The maximum atomic E-state index is 13.8.